The number of hydrogen-bond donors (Lipinski definition) is 0. The van der Waals surface area contributed by atoms with E-state index >= 15 is 0 Å². The average molecular weight is 550 g/mol. The summed E-state index contributed by atoms with van der Waals surface area (Å²) in [7, 11) is 2.15. The van der Waals surface area contributed by atoms with Crippen molar-refractivity contribution >= 4 is 5.57 Å². The molecule has 0 N–H and O–H groups in total. The lowest BCUT2D eigenvalue weighted by atomic mass is 9.82. The lowest BCUT2D eigenvalue weighted by Crippen LogP contribution is -2.27. The van der Waals surface area contributed by atoms with Crippen LogP contribution in [0.15, 0.2) is 91.7 Å². The zero-order valence-electron chi connectivity index (χ0n) is 28.9. The van der Waals surface area contributed by atoms with Crippen molar-refractivity contribution in [1.82, 2.24) is 4.90 Å². The highest BCUT2D eigenvalue weighted by atomic mass is 15.1. The second-order valence-corrected chi connectivity index (χ2v) is 10.6. The minimum absolute atomic E-state index is 0.127. The molecule has 0 radical (unpaired) electrons. The van der Waals surface area contributed by atoms with E-state index in [4.69, 9.17) is 0 Å². The first-order chi connectivity index (χ1) is 19.0. The summed E-state index contributed by atoms with van der Waals surface area (Å²) in [6.07, 6.45) is 15.6. The monoisotopic (exact) mass is 550 g/mol. The molecule has 0 aliphatic heterocycles. The van der Waals surface area contributed by atoms with E-state index < -0.39 is 0 Å². The number of rotatable bonds is 9. The largest absolute Gasteiger partial charge is 0.370 e. The van der Waals surface area contributed by atoms with Crippen molar-refractivity contribution in [3.8, 4) is 0 Å². The fraction of sp³-hybridized carbons (Fsp3) is 0.538. The molecule has 1 aliphatic rings. The van der Waals surface area contributed by atoms with E-state index in [1.165, 1.54) is 65.6 Å². The van der Waals surface area contributed by atoms with Gasteiger partial charge in [-0.1, -0.05) is 168 Å². The molecule has 0 unspecified atom stereocenters. The van der Waals surface area contributed by atoms with Gasteiger partial charge in [-0.25, -0.2) is 0 Å². The molecule has 228 valence electrons. The molecule has 40 heavy (non-hydrogen) atoms. The number of benzene rings is 1. The topological polar surface area (TPSA) is 3.24 Å². The van der Waals surface area contributed by atoms with Crippen molar-refractivity contribution in [2.75, 3.05) is 13.6 Å². The van der Waals surface area contributed by atoms with Crippen molar-refractivity contribution < 1.29 is 0 Å². The molecular weight excluding hydrogens is 482 g/mol. The van der Waals surface area contributed by atoms with E-state index in [1.54, 1.807) is 0 Å². The van der Waals surface area contributed by atoms with Crippen LogP contribution in [0.3, 0.4) is 0 Å². The molecule has 1 saturated carbocycles. The molecule has 1 aliphatic carbocycles. The molecule has 0 amide bonds. The Labute approximate surface area is 252 Å². The molecule has 0 bridgehead atoms. The first-order valence-corrected chi connectivity index (χ1v) is 15.8. The molecule has 2 rings (SSSR count). The molecule has 0 spiro atoms. The van der Waals surface area contributed by atoms with Crippen LogP contribution >= 0.6 is 0 Å². The molecule has 1 nitrogen and oxygen atoms in total. The zero-order valence-corrected chi connectivity index (χ0v) is 28.9. The molecule has 1 heteroatoms. The van der Waals surface area contributed by atoms with Gasteiger partial charge in [-0.2, -0.15) is 0 Å². The lowest BCUT2D eigenvalue weighted by Gasteiger charge is -2.33. The van der Waals surface area contributed by atoms with E-state index in [9.17, 15) is 0 Å². The van der Waals surface area contributed by atoms with Gasteiger partial charge in [0.2, 0.25) is 0 Å². The molecule has 1 fully saturated rings. The van der Waals surface area contributed by atoms with Crippen LogP contribution in [0.25, 0.3) is 5.57 Å². The molecule has 0 aromatic heterocycles. The summed E-state index contributed by atoms with van der Waals surface area (Å²) < 4.78 is 0. The SMILES string of the molecule is C=C(CC)c1cccc(C)c1.C=C/C=C\C=C(\C(=C)C1CCCCC1)N(C)CC(=C)C(C)(C)C.CC.CC.CC. The lowest BCUT2D eigenvalue weighted by molar-refractivity contribution is 0.364. The first-order valence-electron chi connectivity index (χ1n) is 15.8. The van der Waals surface area contributed by atoms with E-state index in [1.807, 2.05) is 53.7 Å². The van der Waals surface area contributed by atoms with Crippen LogP contribution in [0.2, 0.25) is 0 Å². The maximum absolute atomic E-state index is 4.45. The number of allylic oxidation sites excluding steroid dienone is 6. The highest BCUT2D eigenvalue weighted by Gasteiger charge is 2.23. The van der Waals surface area contributed by atoms with Crippen LogP contribution in [-0.2, 0) is 0 Å². The summed E-state index contributed by atoms with van der Waals surface area (Å²) >= 11 is 0. The Hall–Kier alpha value is -2.54. The summed E-state index contributed by atoms with van der Waals surface area (Å²) in [4.78, 5) is 2.30. The van der Waals surface area contributed by atoms with Gasteiger partial charge < -0.3 is 4.90 Å². The summed E-state index contributed by atoms with van der Waals surface area (Å²) in [5.74, 6) is 0.623. The number of likely N-dealkylation sites (N-methyl/N-ethyl adjacent to an activating group) is 1. The highest BCUT2D eigenvalue weighted by Crippen LogP contribution is 2.34. The van der Waals surface area contributed by atoms with Gasteiger partial charge in [-0.3, -0.25) is 0 Å². The Kier molecular flexibility index (Phi) is 26.7. The van der Waals surface area contributed by atoms with Crippen molar-refractivity contribution in [3.05, 3.63) is 103 Å². The summed E-state index contributed by atoms with van der Waals surface area (Å²) in [6.45, 7) is 40.2. The first kappa shape index (κ1) is 41.9. The normalized spacial score (nSPS) is 13.1. The van der Waals surface area contributed by atoms with Crippen LogP contribution in [-0.4, -0.2) is 18.5 Å². The quantitative estimate of drug-likeness (QED) is 0.219. The van der Waals surface area contributed by atoms with Gasteiger partial charge in [0, 0.05) is 19.3 Å². The minimum Gasteiger partial charge on any atom is -0.370 e. The molecule has 1 aromatic rings. The predicted molar refractivity (Wildman–Crippen MR) is 189 cm³/mol. The van der Waals surface area contributed by atoms with Gasteiger partial charge >= 0.3 is 0 Å². The fourth-order valence-electron chi connectivity index (χ4n) is 4.04. The van der Waals surface area contributed by atoms with E-state index in [0.29, 0.717) is 5.92 Å². The summed E-state index contributed by atoms with van der Waals surface area (Å²) in [5.41, 5.74) is 7.68. The van der Waals surface area contributed by atoms with Crippen LogP contribution < -0.4 is 0 Å². The van der Waals surface area contributed by atoms with Gasteiger partial charge in [0.15, 0.2) is 0 Å². The third-order valence-corrected chi connectivity index (χ3v) is 6.68. The Morgan fingerprint density at radius 2 is 1.48 bits per heavy atom. The number of aryl methyl sites for hydroxylation is 1. The van der Waals surface area contributed by atoms with Crippen LogP contribution in [0.1, 0.15) is 119 Å². The molecule has 0 saturated heterocycles. The summed E-state index contributed by atoms with van der Waals surface area (Å²) in [5, 5.41) is 0. The Morgan fingerprint density at radius 3 is 1.93 bits per heavy atom. The van der Waals surface area contributed by atoms with E-state index in [2.05, 4.69) is 109 Å². The maximum atomic E-state index is 4.45. The van der Waals surface area contributed by atoms with Crippen molar-refractivity contribution in [2.24, 2.45) is 11.3 Å². The van der Waals surface area contributed by atoms with Crippen LogP contribution in [0.4, 0.5) is 0 Å². The van der Waals surface area contributed by atoms with Crippen LogP contribution in [0, 0.1) is 18.3 Å². The van der Waals surface area contributed by atoms with Gasteiger partial charge in [-0.05, 0) is 60.3 Å². The van der Waals surface area contributed by atoms with Crippen molar-refractivity contribution in [1.29, 1.82) is 0 Å². The Balaban J connectivity index is -0.000000670. The standard InChI is InChI=1S/C22H35N.C11H14.3C2H6/c1-8-9-11-16-21(19(3)20-14-12-10-13-15-20)23(7)17-18(2)22(4,5)6;1-4-10(3)11-7-5-6-9(2)8-11;3*1-2/h8-9,11,16,20H,1-3,10,12-15,17H2,4-7H3;5-8H,3-4H2,1-2H3;3*1-2H3/b11-9-,21-16-;;;;. The second kappa shape index (κ2) is 25.4. The molecule has 1 aromatic carbocycles. The predicted octanol–water partition coefficient (Wildman–Crippen LogP) is 12.8. The smallest absolute Gasteiger partial charge is 0.0395 e. The van der Waals surface area contributed by atoms with Gasteiger partial charge in [0.1, 0.15) is 0 Å². The van der Waals surface area contributed by atoms with E-state index in [0.717, 1.165) is 13.0 Å². The van der Waals surface area contributed by atoms with Crippen molar-refractivity contribution in [3.63, 3.8) is 0 Å². The maximum Gasteiger partial charge on any atom is 0.0395 e. The third kappa shape index (κ3) is 17.9. The molecule has 0 heterocycles. The average Bonchev–Trinajstić information content (AvgIpc) is 2.98. The molecule has 0 atom stereocenters. The van der Waals surface area contributed by atoms with Gasteiger partial charge in [0.25, 0.3) is 0 Å². The Morgan fingerprint density at radius 1 is 0.925 bits per heavy atom. The zero-order chi connectivity index (χ0) is 31.7. The van der Waals surface area contributed by atoms with Crippen molar-refractivity contribution in [2.45, 2.75) is 115 Å². The number of hydrogen-bond acceptors (Lipinski definition) is 1. The van der Waals surface area contributed by atoms with Gasteiger partial charge in [0.05, 0.1) is 0 Å². The highest BCUT2D eigenvalue weighted by molar-refractivity contribution is 5.63. The van der Waals surface area contributed by atoms with Gasteiger partial charge in [-0.15, -0.1) is 0 Å². The minimum atomic E-state index is 0.127. The number of nitrogens with zero attached hydrogens (tertiary/aromatic N) is 1. The fourth-order valence-corrected chi connectivity index (χ4v) is 4.04. The third-order valence-electron chi connectivity index (χ3n) is 6.68. The van der Waals surface area contributed by atoms with Crippen LogP contribution in [0.5, 0.6) is 0 Å². The summed E-state index contributed by atoms with van der Waals surface area (Å²) in [6, 6.07) is 8.46. The van der Waals surface area contributed by atoms with E-state index in [-0.39, 0.29) is 5.41 Å². The second-order valence-electron chi connectivity index (χ2n) is 10.6. The molecular formula is C39H67N. The Bertz CT molecular complexity index is 882.